The van der Waals surface area contributed by atoms with E-state index in [1.165, 1.54) is 6.07 Å². The molecule has 0 atom stereocenters. The molecule has 0 bridgehead atoms. The summed E-state index contributed by atoms with van der Waals surface area (Å²) in [5.74, 6) is 0. The lowest BCUT2D eigenvalue weighted by atomic mass is 10.1. The zero-order chi connectivity index (χ0) is 21.5. The maximum atomic E-state index is 12.6. The van der Waals surface area contributed by atoms with Crippen LogP contribution in [0.15, 0.2) is 25.2 Å². The van der Waals surface area contributed by atoms with Gasteiger partial charge in [0.15, 0.2) is 0 Å². The average molecular weight is 418 g/mol. The maximum absolute atomic E-state index is 12.6. The topological polar surface area (TPSA) is 127 Å². The van der Waals surface area contributed by atoms with Crippen LogP contribution in [0.25, 0.3) is 11.1 Å². The lowest BCUT2D eigenvalue weighted by Gasteiger charge is -2.26. The molecular weight excluding hydrogens is 392 g/mol. The number of fused-ring (bicyclic) bond motifs is 1. The third kappa shape index (κ3) is 5.25. The number of nitrogens with zero attached hydrogens (tertiary/aromatic N) is 3. The van der Waals surface area contributed by atoms with Crippen LogP contribution in [0, 0.1) is 0 Å². The third-order valence-electron chi connectivity index (χ3n) is 4.85. The van der Waals surface area contributed by atoms with Crippen molar-refractivity contribution < 1.29 is 18.8 Å². The van der Waals surface area contributed by atoms with Gasteiger partial charge in [-0.05, 0) is 25.3 Å². The first-order valence-electron chi connectivity index (χ1n) is 10.2. The lowest BCUT2D eigenvalue weighted by molar-refractivity contribution is 0.107. The molecule has 162 valence electrons. The van der Waals surface area contributed by atoms with Gasteiger partial charge in [-0.25, -0.2) is 9.59 Å². The summed E-state index contributed by atoms with van der Waals surface area (Å²) in [6, 6.07) is 1.19. The van der Waals surface area contributed by atoms with Gasteiger partial charge in [0, 0.05) is 32.0 Å². The molecule has 3 rings (SSSR count). The third-order valence-corrected chi connectivity index (χ3v) is 4.85. The first-order valence-corrected chi connectivity index (χ1v) is 10.2. The van der Waals surface area contributed by atoms with Gasteiger partial charge < -0.3 is 18.9 Å². The van der Waals surface area contributed by atoms with Crippen LogP contribution in [-0.2, 0) is 11.2 Å². The summed E-state index contributed by atoms with van der Waals surface area (Å²) in [6.07, 6.45) is 4.19. The molecule has 3 heterocycles. The number of carbonyl (C=O) groups is 1. The van der Waals surface area contributed by atoms with Crippen molar-refractivity contribution in [2.45, 2.75) is 52.4 Å². The molecule has 0 radical (unpaired) electrons. The number of oxime groups is 1. The molecule has 1 fully saturated rings. The SMILES string of the molecule is CCCCCc1cc(=O)oc2nc(ON=C3CCN(C(=O)OCC)CC3)[nH]c(=O)c12. The molecule has 1 aliphatic heterocycles. The van der Waals surface area contributed by atoms with Crippen molar-refractivity contribution in [1.29, 1.82) is 0 Å². The summed E-state index contributed by atoms with van der Waals surface area (Å²) >= 11 is 0. The van der Waals surface area contributed by atoms with E-state index in [0.29, 0.717) is 44.5 Å². The van der Waals surface area contributed by atoms with E-state index >= 15 is 0 Å². The largest absolute Gasteiger partial charge is 0.450 e. The fourth-order valence-corrected chi connectivity index (χ4v) is 3.30. The van der Waals surface area contributed by atoms with E-state index in [4.69, 9.17) is 14.0 Å². The second-order valence-electron chi connectivity index (χ2n) is 7.03. The number of ether oxygens (including phenoxy) is 1. The van der Waals surface area contributed by atoms with E-state index < -0.39 is 11.2 Å². The number of amides is 1. The molecule has 2 aromatic rings. The number of rotatable bonds is 7. The Balaban J connectivity index is 1.73. The van der Waals surface area contributed by atoms with E-state index in [2.05, 4.69) is 22.0 Å². The van der Waals surface area contributed by atoms with Gasteiger partial charge in [0.2, 0.25) is 5.71 Å². The number of H-pyrrole nitrogens is 1. The van der Waals surface area contributed by atoms with Crippen molar-refractivity contribution >= 4 is 22.9 Å². The van der Waals surface area contributed by atoms with Crippen molar-refractivity contribution in [3.63, 3.8) is 0 Å². The quantitative estimate of drug-likeness (QED) is 0.541. The van der Waals surface area contributed by atoms with E-state index in [9.17, 15) is 14.4 Å². The molecule has 30 heavy (non-hydrogen) atoms. The molecule has 0 saturated carbocycles. The molecule has 0 unspecified atom stereocenters. The Labute approximate surface area is 172 Å². The van der Waals surface area contributed by atoms with E-state index in [1.54, 1.807) is 11.8 Å². The van der Waals surface area contributed by atoms with Crippen LogP contribution in [0.1, 0.15) is 51.5 Å². The highest BCUT2D eigenvalue weighted by Gasteiger charge is 2.21. The summed E-state index contributed by atoms with van der Waals surface area (Å²) in [4.78, 5) is 49.7. The highest BCUT2D eigenvalue weighted by Crippen LogP contribution is 2.16. The van der Waals surface area contributed by atoms with Crippen LogP contribution < -0.4 is 16.0 Å². The highest BCUT2D eigenvalue weighted by atomic mass is 16.6. The standard InChI is InChI=1S/C20H26N4O6/c1-3-5-6-7-13-12-15(25)29-18-16(13)17(26)21-19(22-18)30-23-14-8-10-24(11-9-14)20(27)28-4-2/h12H,3-11H2,1-2H3,(H,21,22,26). The van der Waals surface area contributed by atoms with Gasteiger partial charge in [0.25, 0.3) is 5.56 Å². The minimum atomic E-state index is -0.560. The number of aryl methyl sites for hydroxylation is 1. The van der Waals surface area contributed by atoms with Gasteiger partial charge in [-0.15, -0.1) is 0 Å². The average Bonchev–Trinajstić information content (AvgIpc) is 2.72. The van der Waals surface area contributed by atoms with Crippen molar-refractivity contribution in [2.24, 2.45) is 5.16 Å². The van der Waals surface area contributed by atoms with Crippen LogP contribution in [0.3, 0.4) is 0 Å². The molecule has 1 amide bonds. The summed E-state index contributed by atoms with van der Waals surface area (Å²) < 4.78 is 10.1. The normalized spacial score (nSPS) is 14.1. The van der Waals surface area contributed by atoms with E-state index in [0.717, 1.165) is 25.0 Å². The lowest BCUT2D eigenvalue weighted by Crippen LogP contribution is -2.39. The molecule has 1 saturated heterocycles. The Morgan fingerprint density at radius 3 is 2.73 bits per heavy atom. The molecule has 0 aromatic carbocycles. The van der Waals surface area contributed by atoms with Crippen LogP contribution >= 0.6 is 0 Å². The second kappa shape index (κ2) is 10.0. The number of aromatic amines is 1. The first kappa shape index (κ1) is 21.5. The Morgan fingerprint density at radius 1 is 1.27 bits per heavy atom. The fourth-order valence-electron chi connectivity index (χ4n) is 3.30. The number of unbranched alkanes of at least 4 members (excludes halogenated alkanes) is 2. The van der Waals surface area contributed by atoms with Crippen LogP contribution in [0.5, 0.6) is 6.01 Å². The van der Waals surface area contributed by atoms with Crippen molar-refractivity contribution in [2.75, 3.05) is 19.7 Å². The maximum Gasteiger partial charge on any atom is 0.409 e. The van der Waals surface area contributed by atoms with Gasteiger partial charge in [-0.3, -0.25) is 9.78 Å². The van der Waals surface area contributed by atoms with Gasteiger partial charge in [-0.1, -0.05) is 24.9 Å². The predicted molar refractivity (Wildman–Crippen MR) is 110 cm³/mol. The number of aromatic nitrogens is 2. The molecule has 1 aliphatic rings. The zero-order valence-electron chi connectivity index (χ0n) is 17.2. The number of hydrogen-bond donors (Lipinski definition) is 1. The summed E-state index contributed by atoms with van der Waals surface area (Å²) in [7, 11) is 0. The number of likely N-dealkylation sites (tertiary alicyclic amines) is 1. The second-order valence-corrected chi connectivity index (χ2v) is 7.03. The summed E-state index contributed by atoms with van der Waals surface area (Å²) in [5.41, 5.74) is 0.282. The fraction of sp³-hybridized carbons (Fsp3) is 0.550. The van der Waals surface area contributed by atoms with Crippen molar-refractivity contribution in [1.82, 2.24) is 14.9 Å². The molecule has 10 heteroatoms. The van der Waals surface area contributed by atoms with Gasteiger partial charge in [0.1, 0.15) is 5.39 Å². The van der Waals surface area contributed by atoms with Gasteiger partial charge in [0.05, 0.1) is 12.3 Å². The molecular formula is C20H26N4O6. The van der Waals surface area contributed by atoms with Crippen molar-refractivity contribution in [3.8, 4) is 6.01 Å². The number of carbonyl (C=O) groups excluding carboxylic acids is 1. The van der Waals surface area contributed by atoms with Crippen LogP contribution in [0.2, 0.25) is 0 Å². The Hall–Kier alpha value is -3.17. The van der Waals surface area contributed by atoms with Crippen LogP contribution in [0.4, 0.5) is 4.79 Å². The Bertz CT molecular complexity index is 1030. The number of nitrogens with one attached hydrogen (secondary N) is 1. The minimum Gasteiger partial charge on any atom is -0.450 e. The smallest absolute Gasteiger partial charge is 0.409 e. The number of hydrogen-bond acceptors (Lipinski definition) is 8. The molecule has 0 spiro atoms. The van der Waals surface area contributed by atoms with E-state index in [-0.39, 0.29) is 23.2 Å². The Kier molecular flexibility index (Phi) is 7.21. The number of piperidine rings is 1. The summed E-state index contributed by atoms with van der Waals surface area (Å²) in [6.45, 7) is 5.11. The van der Waals surface area contributed by atoms with Crippen molar-refractivity contribution in [3.05, 3.63) is 32.4 Å². The molecule has 0 aliphatic carbocycles. The molecule has 2 aromatic heterocycles. The van der Waals surface area contributed by atoms with E-state index in [1.807, 2.05) is 0 Å². The monoisotopic (exact) mass is 418 g/mol. The first-order chi connectivity index (χ1) is 14.5. The minimum absolute atomic E-state index is 0.0647. The Morgan fingerprint density at radius 2 is 2.03 bits per heavy atom. The zero-order valence-corrected chi connectivity index (χ0v) is 17.2. The highest BCUT2D eigenvalue weighted by molar-refractivity contribution is 5.86. The van der Waals surface area contributed by atoms with Gasteiger partial charge >= 0.3 is 17.7 Å². The predicted octanol–water partition coefficient (Wildman–Crippen LogP) is 2.60. The molecule has 10 nitrogen and oxygen atoms in total. The van der Waals surface area contributed by atoms with Gasteiger partial charge in [-0.2, -0.15) is 4.98 Å². The summed E-state index contributed by atoms with van der Waals surface area (Å²) in [5, 5.41) is 4.29. The van der Waals surface area contributed by atoms with Crippen LogP contribution in [-0.4, -0.2) is 46.4 Å². The molecule has 1 N–H and O–H groups in total.